The molecule has 0 atom stereocenters. The van der Waals surface area contributed by atoms with Gasteiger partial charge >= 0.3 is 11.8 Å². The number of amides is 2. The Kier molecular flexibility index (Phi) is 7.42. The number of pyridine rings is 1. The Bertz CT molecular complexity index is 735. The van der Waals surface area contributed by atoms with Crippen molar-refractivity contribution < 1.29 is 19.1 Å². The number of methoxy groups -OCH3 is 1. The molecule has 0 spiro atoms. The summed E-state index contributed by atoms with van der Waals surface area (Å²) < 4.78 is 10.7. The lowest BCUT2D eigenvalue weighted by Crippen LogP contribution is -2.40. The number of nitrogens with one attached hydrogen (secondary N) is 2. The molecule has 0 saturated carbocycles. The molecule has 7 heteroatoms. The molecule has 0 aliphatic heterocycles. The molecule has 0 fully saturated rings. The van der Waals surface area contributed by atoms with Gasteiger partial charge in [-0.05, 0) is 31.2 Å². The summed E-state index contributed by atoms with van der Waals surface area (Å²) in [5.74, 6) is -0.0914. The lowest BCUT2D eigenvalue weighted by Gasteiger charge is -2.12. The van der Waals surface area contributed by atoms with E-state index in [1.54, 1.807) is 31.5 Å². The van der Waals surface area contributed by atoms with E-state index in [9.17, 15) is 9.59 Å². The maximum atomic E-state index is 11.9. The van der Waals surface area contributed by atoms with Gasteiger partial charge in [0.1, 0.15) is 11.5 Å². The fourth-order valence-electron chi connectivity index (χ4n) is 2.31. The molecule has 0 radical (unpaired) electrons. The second kappa shape index (κ2) is 10.0. The fourth-order valence-corrected chi connectivity index (χ4v) is 2.31. The van der Waals surface area contributed by atoms with Crippen LogP contribution in [0.5, 0.6) is 11.5 Å². The van der Waals surface area contributed by atoms with E-state index in [4.69, 9.17) is 9.47 Å². The van der Waals surface area contributed by atoms with Crippen LogP contribution in [0.15, 0.2) is 42.6 Å². The fraction of sp³-hybridized carbons (Fsp3) is 0.316. The number of ether oxygens (including phenoxy) is 2. The summed E-state index contributed by atoms with van der Waals surface area (Å²) in [5, 5.41) is 5.17. The molecule has 2 N–H and O–H groups in total. The van der Waals surface area contributed by atoms with Crippen LogP contribution < -0.4 is 20.1 Å². The molecule has 0 saturated heterocycles. The van der Waals surface area contributed by atoms with Crippen molar-refractivity contribution in [1.82, 2.24) is 15.6 Å². The maximum Gasteiger partial charge on any atom is 0.309 e. The van der Waals surface area contributed by atoms with E-state index in [0.717, 1.165) is 11.3 Å². The van der Waals surface area contributed by atoms with E-state index in [0.29, 0.717) is 31.1 Å². The van der Waals surface area contributed by atoms with Crippen LogP contribution in [0.2, 0.25) is 0 Å². The van der Waals surface area contributed by atoms with Crippen molar-refractivity contribution >= 4 is 11.8 Å². The van der Waals surface area contributed by atoms with Crippen molar-refractivity contribution in [1.29, 1.82) is 0 Å². The van der Waals surface area contributed by atoms with Crippen LogP contribution in [-0.4, -0.2) is 37.1 Å². The third kappa shape index (κ3) is 5.77. The van der Waals surface area contributed by atoms with Gasteiger partial charge in [0.05, 0.1) is 13.7 Å². The van der Waals surface area contributed by atoms with Gasteiger partial charge in [-0.1, -0.05) is 6.07 Å². The zero-order chi connectivity index (χ0) is 18.8. The Morgan fingerprint density at radius 3 is 2.62 bits per heavy atom. The summed E-state index contributed by atoms with van der Waals surface area (Å²) >= 11 is 0. The third-order valence-corrected chi connectivity index (χ3v) is 3.61. The quantitative estimate of drug-likeness (QED) is 0.698. The normalized spacial score (nSPS) is 10.1. The van der Waals surface area contributed by atoms with Gasteiger partial charge in [0, 0.05) is 43.0 Å². The Labute approximate surface area is 152 Å². The lowest BCUT2D eigenvalue weighted by atomic mass is 10.2. The van der Waals surface area contributed by atoms with Gasteiger partial charge in [0.25, 0.3) is 0 Å². The van der Waals surface area contributed by atoms with Crippen LogP contribution in [-0.2, 0) is 22.6 Å². The molecular weight excluding hydrogens is 334 g/mol. The molecular formula is C19H23N3O4. The van der Waals surface area contributed by atoms with Crippen LogP contribution in [0.4, 0.5) is 0 Å². The highest BCUT2D eigenvalue weighted by Crippen LogP contribution is 2.24. The number of benzene rings is 1. The first kappa shape index (κ1) is 19.2. The van der Waals surface area contributed by atoms with E-state index in [1.165, 1.54) is 0 Å². The number of hydrogen-bond donors (Lipinski definition) is 2. The van der Waals surface area contributed by atoms with E-state index < -0.39 is 11.8 Å². The highest BCUT2D eigenvalue weighted by molar-refractivity contribution is 6.35. The van der Waals surface area contributed by atoms with Gasteiger partial charge in [-0.25, -0.2) is 0 Å². The Hall–Kier alpha value is -3.09. The van der Waals surface area contributed by atoms with E-state index in [2.05, 4.69) is 15.6 Å². The molecule has 1 aromatic carbocycles. The van der Waals surface area contributed by atoms with Gasteiger partial charge in [-0.15, -0.1) is 0 Å². The molecule has 0 bridgehead atoms. The van der Waals surface area contributed by atoms with E-state index in [-0.39, 0.29) is 6.54 Å². The minimum atomic E-state index is -0.693. The molecule has 138 valence electrons. The minimum absolute atomic E-state index is 0.183. The van der Waals surface area contributed by atoms with Crippen molar-refractivity contribution in [3.8, 4) is 11.5 Å². The van der Waals surface area contributed by atoms with Crippen LogP contribution in [0.3, 0.4) is 0 Å². The van der Waals surface area contributed by atoms with Crippen molar-refractivity contribution in [3.63, 3.8) is 0 Å². The second-order valence-electron chi connectivity index (χ2n) is 5.42. The standard InChI is InChI=1S/C19H23N3O4/c1-3-26-16-8-7-14(17(12-16)25-2)13-22-19(24)18(23)21-11-9-15-6-4-5-10-20-15/h4-8,10,12H,3,9,11,13H2,1-2H3,(H,21,23)(H,22,24). The topological polar surface area (TPSA) is 89.5 Å². The van der Waals surface area contributed by atoms with E-state index >= 15 is 0 Å². The first-order chi connectivity index (χ1) is 12.6. The number of hydrogen-bond acceptors (Lipinski definition) is 5. The molecule has 0 unspecified atom stereocenters. The van der Waals surface area contributed by atoms with Crippen LogP contribution in [0.25, 0.3) is 0 Å². The Balaban J connectivity index is 1.81. The summed E-state index contributed by atoms with van der Waals surface area (Å²) in [4.78, 5) is 27.9. The number of rotatable bonds is 8. The van der Waals surface area contributed by atoms with Gasteiger partial charge in [0.2, 0.25) is 0 Å². The average molecular weight is 357 g/mol. The lowest BCUT2D eigenvalue weighted by molar-refractivity contribution is -0.139. The summed E-state index contributed by atoms with van der Waals surface area (Å²) in [6.45, 7) is 2.97. The SMILES string of the molecule is CCOc1ccc(CNC(=O)C(=O)NCCc2ccccn2)c(OC)c1. The first-order valence-electron chi connectivity index (χ1n) is 8.39. The van der Waals surface area contributed by atoms with Gasteiger partial charge in [-0.2, -0.15) is 0 Å². The number of carbonyl (C=O) groups is 2. The smallest absolute Gasteiger partial charge is 0.309 e. The highest BCUT2D eigenvalue weighted by atomic mass is 16.5. The summed E-state index contributed by atoms with van der Waals surface area (Å²) in [7, 11) is 1.54. The highest BCUT2D eigenvalue weighted by Gasteiger charge is 2.14. The second-order valence-corrected chi connectivity index (χ2v) is 5.42. The predicted octanol–water partition coefficient (Wildman–Crippen LogP) is 1.46. The molecule has 0 aliphatic rings. The van der Waals surface area contributed by atoms with Crippen LogP contribution in [0, 0.1) is 0 Å². The minimum Gasteiger partial charge on any atom is -0.496 e. The zero-order valence-electron chi connectivity index (χ0n) is 15.0. The predicted molar refractivity (Wildman–Crippen MR) is 97.0 cm³/mol. The Morgan fingerprint density at radius 2 is 1.92 bits per heavy atom. The average Bonchev–Trinajstić information content (AvgIpc) is 2.67. The molecule has 1 aromatic heterocycles. The van der Waals surface area contributed by atoms with Gasteiger partial charge in [0.15, 0.2) is 0 Å². The van der Waals surface area contributed by atoms with E-state index in [1.807, 2.05) is 25.1 Å². The summed E-state index contributed by atoms with van der Waals surface area (Å²) in [5.41, 5.74) is 1.61. The number of aromatic nitrogens is 1. The molecule has 2 amide bonds. The van der Waals surface area contributed by atoms with Gasteiger partial charge in [-0.3, -0.25) is 14.6 Å². The molecule has 7 nitrogen and oxygen atoms in total. The number of nitrogens with zero attached hydrogens (tertiary/aromatic N) is 1. The van der Waals surface area contributed by atoms with Crippen molar-refractivity contribution in [3.05, 3.63) is 53.9 Å². The largest absolute Gasteiger partial charge is 0.496 e. The zero-order valence-corrected chi connectivity index (χ0v) is 15.0. The van der Waals surface area contributed by atoms with Crippen molar-refractivity contribution in [2.24, 2.45) is 0 Å². The molecule has 26 heavy (non-hydrogen) atoms. The van der Waals surface area contributed by atoms with Crippen LogP contribution in [0.1, 0.15) is 18.2 Å². The molecule has 1 heterocycles. The molecule has 0 aliphatic carbocycles. The van der Waals surface area contributed by atoms with Crippen LogP contribution >= 0.6 is 0 Å². The maximum absolute atomic E-state index is 11.9. The third-order valence-electron chi connectivity index (χ3n) is 3.61. The van der Waals surface area contributed by atoms with Crippen molar-refractivity contribution in [2.75, 3.05) is 20.3 Å². The van der Waals surface area contributed by atoms with Gasteiger partial charge < -0.3 is 20.1 Å². The molecule has 2 rings (SSSR count). The number of carbonyl (C=O) groups excluding carboxylic acids is 2. The monoisotopic (exact) mass is 357 g/mol. The summed E-state index contributed by atoms with van der Waals surface area (Å²) in [6.07, 6.45) is 2.25. The Morgan fingerprint density at radius 1 is 1.12 bits per heavy atom. The first-order valence-corrected chi connectivity index (χ1v) is 8.39. The van der Waals surface area contributed by atoms with Crippen molar-refractivity contribution in [2.45, 2.75) is 19.9 Å². The molecule has 2 aromatic rings. The summed E-state index contributed by atoms with van der Waals surface area (Å²) in [6, 6.07) is 10.9.